The van der Waals surface area contributed by atoms with Crippen molar-refractivity contribution < 1.29 is 17.9 Å². The van der Waals surface area contributed by atoms with Crippen molar-refractivity contribution in [3.63, 3.8) is 0 Å². The predicted molar refractivity (Wildman–Crippen MR) is 134 cm³/mol. The Morgan fingerprint density at radius 3 is 2.72 bits per heavy atom. The minimum Gasteiger partial charge on any atom is -0.444 e. The number of hydrogen-bond acceptors (Lipinski definition) is 6. The van der Waals surface area contributed by atoms with Crippen LogP contribution in [0.5, 0.6) is 0 Å². The van der Waals surface area contributed by atoms with Gasteiger partial charge in [-0.15, -0.1) is 0 Å². The molecule has 1 unspecified atom stereocenters. The van der Waals surface area contributed by atoms with Gasteiger partial charge in [0.15, 0.2) is 5.65 Å². The molecule has 0 saturated carbocycles. The van der Waals surface area contributed by atoms with Gasteiger partial charge in [0, 0.05) is 31.1 Å². The van der Waals surface area contributed by atoms with E-state index >= 15 is 0 Å². The maximum absolute atomic E-state index is 13.4. The van der Waals surface area contributed by atoms with Gasteiger partial charge in [-0.1, -0.05) is 18.2 Å². The molecule has 3 heterocycles. The number of rotatable bonds is 4. The number of carbonyl (C=O) groups is 1. The summed E-state index contributed by atoms with van der Waals surface area (Å²) in [5.41, 5.74) is 0.766. The molecule has 1 aliphatic carbocycles. The van der Waals surface area contributed by atoms with E-state index in [2.05, 4.69) is 37.8 Å². The average Bonchev–Trinajstić information content (AvgIpc) is 3.06. The molecule has 0 bridgehead atoms. The molecule has 0 radical (unpaired) electrons. The summed E-state index contributed by atoms with van der Waals surface area (Å²) < 4.78 is 33.4. The van der Waals surface area contributed by atoms with Crippen molar-refractivity contribution in [3.8, 4) is 0 Å². The van der Waals surface area contributed by atoms with Gasteiger partial charge in [0.2, 0.25) is 10.0 Å². The van der Waals surface area contributed by atoms with Gasteiger partial charge in [-0.25, -0.2) is 22.2 Å². The molecule has 172 valence electrons. The molecule has 1 saturated heterocycles. The van der Waals surface area contributed by atoms with E-state index in [1.165, 1.54) is 3.97 Å². The van der Waals surface area contributed by atoms with E-state index in [9.17, 15) is 13.2 Å². The highest BCUT2D eigenvalue weighted by Gasteiger charge is 2.40. The van der Waals surface area contributed by atoms with E-state index in [0.29, 0.717) is 25.2 Å². The van der Waals surface area contributed by atoms with Crippen LogP contribution in [0, 0.1) is 0 Å². The van der Waals surface area contributed by atoms with Crippen LogP contribution in [-0.2, 0) is 14.8 Å². The molecule has 1 amide bonds. The molecule has 0 aromatic carbocycles. The summed E-state index contributed by atoms with van der Waals surface area (Å²) in [5.74, 6) is 0. The Balaban J connectivity index is 1.48. The topological polar surface area (TPSA) is 93.5 Å². The summed E-state index contributed by atoms with van der Waals surface area (Å²) in [5, 5.41) is 3.61. The van der Waals surface area contributed by atoms with Crippen molar-refractivity contribution in [3.05, 3.63) is 46.3 Å². The first-order valence-corrected chi connectivity index (χ1v) is 12.9. The fraction of sp³-hybridized carbons (Fsp3) is 0.455. The first-order chi connectivity index (χ1) is 14.9. The minimum absolute atomic E-state index is 0.000844. The largest absolute Gasteiger partial charge is 0.444 e. The van der Waals surface area contributed by atoms with Crippen LogP contribution in [0.25, 0.3) is 11.0 Å². The number of ether oxygens (including phenoxy) is 1. The van der Waals surface area contributed by atoms with Gasteiger partial charge in [-0.3, -0.25) is 0 Å². The van der Waals surface area contributed by atoms with Crippen LogP contribution in [0.3, 0.4) is 0 Å². The Morgan fingerprint density at radius 2 is 2.06 bits per heavy atom. The summed E-state index contributed by atoms with van der Waals surface area (Å²) >= 11 is 2.18. The number of pyridine rings is 1. The number of amides is 1. The fourth-order valence-electron chi connectivity index (χ4n) is 3.82. The van der Waals surface area contributed by atoms with Gasteiger partial charge in [-0.05, 0) is 66.0 Å². The number of nitrogens with one attached hydrogen (secondary N) is 1. The molecule has 2 aromatic heterocycles. The fourth-order valence-corrected chi connectivity index (χ4v) is 6.72. The van der Waals surface area contributed by atoms with E-state index in [4.69, 9.17) is 4.74 Å². The third kappa shape index (κ3) is 4.39. The molecule has 1 atom stereocenters. The van der Waals surface area contributed by atoms with Crippen LogP contribution in [0.15, 0.2) is 46.3 Å². The second-order valence-electron chi connectivity index (χ2n) is 9.43. The number of fused-ring (bicyclic) bond motifs is 1. The average molecular weight is 570 g/mol. The number of carbonyl (C=O) groups excluding carboxylic acids is 1. The molecular formula is C22H27IN4O4S. The van der Waals surface area contributed by atoms with E-state index in [1.807, 2.05) is 32.9 Å². The van der Waals surface area contributed by atoms with Gasteiger partial charge in [0.1, 0.15) is 10.3 Å². The summed E-state index contributed by atoms with van der Waals surface area (Å²) in [6.07, 6.45) is 8.73. The lowest BCUT2D eigenvalue weighted by Gasteiger charge is -2.41. The zero-order valence-corrected chi connectivity index (χ0v) is 21.5. The molecule has 0 spiro atoms. The normalized spacial score (nSPS) is 21.9. The Kier molecular flexibility index (Phi) is 5.81. The zero-order valence-electron chi connectivity index (χ0n) is 18.5. The van der Waals surface area contributed by atoms with E-state index in [0.717, 1.165) is 14.7 Å². The number of allylic oxidation sites excluding steroid dienone is 3. The second-order valence-corrected chi connectivity index (χ2v) is 13.1. The van der Waals surface area contributed by atoms with Gasteiger partial charge >= 0.3 is 6.09 Å². The Labute approximate surface area is 201 Å². The Hall–Kier alpha value is -2.08. The third-order valence-electron chi connectivity index (χ3n) is 5.54. The lowest BCUT2D eigenvalue weighted by Crippen LogP contribution is -2.60. The van der Waals surface area contributed by atoms with E-state index in [1.54, 1.807) is 37.5 Å². The molecule has 4 rings (SSSR count). The van der Waals surface area contributed by atoms with Crippen molar-refractivity contribution in [1.29, 1.82) is 0 Å². The van der Waals surface area contributed by atoms with Gasteiger partial charge < -0.3 is 15.0 Å². The van der Waals surface area contributed by atoms with Crippen molar-refractivity contribution >= 4 is 55.4 Å². The maximum atomic E-state index is 13.4. The summed E-state index contributed by atoms with van der Waals surface area (Å²) in [7, 11) is -3.69. The maximum Gasteiger partial charge on any atom is 0.407 e. The SMILES string of the molecule is CC(C)(C)OC(=O)NC1CN(c2cnc3c(ccn3S(=O)(=O)C3(C)C=CC=C(I)C3)c2)C1. The van der Waals surface area contributed by atoms with Crippen molar-refractivity contribution in [2.45, 2.75) is 50.5 Å². The van der Waals surface area contributed by atoms with Crippen molar-refractivity contribution in [1.82, 2.24) is 14.3 Å². The van der Waals surface area contributed by atoms with Crippen LogP contribution < -0.4 is 10.2 Å². The van der Waals surface area contributed by atoms with Crippen LogP contribution >= 0.6 is 22.6 Å². The summed E-state index contributed by atoms with van der Waals surface area (Å²) in [4.78, 5) is 18.5. The predicted octanol–water partition coefficient (Wildman–Crippen LogP) is 3.97. The number of halogens is 1. The number of anilines is 1. The van der Waals surface area contributed by atoms with Gasteiger partial charge in [0.05, 0.1) is 17.9 Å². The number of aromatic nitrogens is 2. The first kappa shape index (κ1) is 23.1. The highest BCUT2D eigenvalue weighted by Crippen LogP contribution is 2.36. The van der Waals surface area contributed by atoms with E-state index < -0.39 is 26.5 Å². The van der Waals surface area contributed by atoms with Crippen LogP contribution in [0.1, 0.15) is 34.1 Å². The lowest BCUT2D eigenvalue weighted by atomic mass is 10.0. The number of alkyl carbamates (subject to hydrolysis) is 1. The molecule has 8 nitrogen and oxygen atoms in total. The molecule has 32 heavy (non-hydrogen) atoms. The highest BCUT2D eigenvalue weighted by atomic mass is 127. The zero-order chi connectivity index (χ0) is 23.3. The highest BCUT2D eigenvalue weighted by molar-refractivity contribution is 14.1. The summed E-state index contributed by atoms with van der Waals surface area (Å²) in [6.45, 7) is 8.50. The molecule has 1 fully saturated rings. The quantitative estimate of drug-likeness (QED) is 0.560. The number of nitrogens with zero attached hydrogens (tertiary/aromatic N) is 3. The molecule has 10 heteroatoms. The summed E-state index contributed by atoms with van der Waals surface area (Å²) in [6, 6.07) is 3.70. The van der Waals surface area contributed by atoms with Crippen molar-refractivity contribution in [2.75, 3.05) is 18.0 Å². The Bertz CT molecular complexity index is 1220. The van der Waals surface area contributed by atoms with Crippen LogP contribution in [0.2, 0.25) is 0 Å². The molecule has 2 aliphatic rings. The van der Waals surface area contributed by atoms with Gasteiger partial charge in [0.25, 0.3) is 0 Å². The Morgan fingerprint density at radius 1 is 1.34 bits per heavy atom. The lowest BCUT2D eigenvalue weighted by molar-refractivity contribution is 0.0496. The standard InChI is InChI=1S/C22H27IN4O4S/c1-21(2,3)31-20(28)25-17-13-26(14-17)18-10-15-7-9-27(19(15)24-12-18)32(29,30)22(4)8-5-6-16(23)11-22/h5-10,12,17H,11,13-14H2,1-4H3,(H,25,28). The molecule has 1 N–H and O–H groups in total. The van der Waals surface area contributed by atoms with Gasteiger partial charge in [-0.2, -0.15) is 0 Å². The van der Waals surface area contributed by atoms with Crippen molar-refractivity contribution in [2.24, 2.45) is 0 Å². The third-order valence-corrected chi connectivity index (χ3v) is 8.55. The molecule has 1 aliphatic heterocycles. The molecule has 2 aromatic rings. The minimum atomic E-state index is -3.69. The monoisotopic (exact) mass is 570 g/mol. The smallest absolute Gasteiger partial charge is 0.407 e. The second kappa shape index (κ2) is 8.05. The molecular weight excluding hydrogens is 543 g/mol. The van der Waals surface area contributed by atoms with E-state index in [-0.39, 0.29) is 6.04 Å². The number of hydrogen-bond donors (Lipinski definition) is 1. The van der Waals surface area contributed by atoms with Crippen LogP contribution in [-0.4, -0.2) is 52.9 Å². The van der Waals surface area contributed by atoms with Crippen LogP contribution in [0.4, 0.5) is 10.5 Å². The first-order valence-electron chi connectivity index (χ1n) is 10.4.